The van der Waals surface area contributed by atoms with Crippen molar-refractivity contribution in [3.63, 3.8) is 0 Å². The number of halogens is 2. The first kappa shape index (κ1) is 112. The zero-order valence-electron chi connectivity index (χ0n) is 79.9. The zero-order valence-corrected chi connectivity index (χ0v) is 81.4. The molecule has 11 amide bonds. The van der Waals surface area contributed by atoms with E-state index in [1.54, 1.807) is 118 Å². The van der Waals surface area contributed by atoms with E-state index in [2.05, 4.69) is 26.6 Å². The highest BCUT2D eigenvalue weighted by Gasteiger charge is 2.43. The minimum Gasteiger partial charge on any atom is -0.480 e. The molecule has 1 aliphatic heterocycles. The van der Waals surface area contributed by atoms with Crippen molar-refractivity contribution in [2.24, 2.45) is 53.1 Å². The molecule has 0 radical (unpaired) electrons. The lowest BCUT2D eigenvalue weighted by Gasteiger charge is -2.35. The minimum atomic E-state index is -1.50. The normalized spacial score (nSPS) is 21.9. The number of carboxylic acid groups (broad SMARTS) is 1. The average molecular weight is 1790 g/mol. The van der Waals surface area contributed by atoms with Gasteiger partial charge >= 0.3 is 17.9 Å². The number of carboxylic acids is 1. The maximum atomic E-state index is 14.3. The van der Waals surface area contributed by atoms with Crippen LogP contribution in [0.2, 0.25) is 10.0 Å². The van der Waals surface area contributed by atoms with E-state index in [1.165, 1.54) is 66.5 Å². The number of benzene rings is 2. The summed E-state index contributed by atoms with van der Waals surface area (Å²) in [5.41, 5.74) is 7.23. The molecule has 700 valence electrons. The standard InChI is InChI=1S/C47H75ClN6O9.C47H73ClN6O8/c1-16-28(5)39(45(60)61)51-38(55)26-52(13)44(59)37(25-34-20-22-35(48)23-21-34)54(15)43(58)33(10)50-41(56)36(24-27(3)4)53(14)42(57)31(8)19-18-30(7)32(9)40(29(6)17-2)63-46(62)47(11,12)49;1-16-28(5)39-42(57)51-47(11,12)46(61)62-40(29(6)17-2)32(9)30(7)18-19-31(8)43(58)53(14)36(24-27(3)4)41(56)49-33(10)44(59)54(15)37(25-34-20-22-35(48)23-21-34)45(60)52(13)26-38(55)50-39/h17,19-23,27-28,30,32-33,36-37,39-40H,16,18,24-26,49H2,1-15H3,(H,50,56)(H,51,55)(H,60,61);17,19-23,27-28,30,32-33,36-37,39-40H,16,18,24-26H2,1-15H3,(H,49,56)(H,50,55)(H,51,57)/b2*29-17+,31-19+/t2*28-,30-,32-,33-,36+,37+,39?,40+/m00/s1. The van der Waals surface area contributed by atoms with E-state index in [0.29, 0.717) is 70.8 Å². The Hall–Kier alpha value is -9.48. The predicted molar refractivity (Wildman–Crippen MR) is 489 cm³/mol. The first-order chi connectivity index (χ1) is 57.8. The highest BCUT2D eigenvalue weighted by molar-refractivity contribution is 6.30. The summed E-state index contributed by atoms with van der Waals surface area (Å²) in [4.78, 5) is 199. The fourth-order valence-electron chi connectivity index (χ4n) is 14.1. The number of hydrogen-bond donors (Lipinski definition) is 7. The number of esters is 2. The fraction of sp³-hybridized carbons (Fsp3) is 0.638. The molecule has 0 aromatic heterocycles. The van der Waals surface area contributed by atoms with Crippen molar-refractivity contribution in [2.75, 3.05) is 55.4 Å². The van der Waals surface area contributed by atoms with Gasteiger partial charge in [-0.15, -0.1) is 0 Å². The molecule has 1 heterocycles. The fourth-order valence-corrected chi connectivity index (χ4v) is 14.4. The van der Waals surface area contributed by atoms with E-state index in [1.807, 2.05) is 121 Å². The number of allylic oxidation sites excluding steroid dienone is 4. The van der Waals surface area contributed by atoms with Crippen molar-refractivity contribution in [1.82, 2.24) is 56.0 Å². The molecule has 8 N–H and O–H groups in total. The van der Waals surface area contributed by atoms with Crippen LogP contribution in [0.1, 0.15) is 216 Å². The van der Waals surface area contributed by atoms with Crippen LogP contribution < -0.4 is 32.3 Å². The number of nitrogens with one attached hydrogen (secondary N) is 5. The molecular formula is C94H148Cl2N12O17. The molecule has 2 unspecified atom stereocenters. The second-order valence-electron chi connectivity index (χ2n) is 36.2. The maximum Gasteiger partial charge on any atom is 0.331 e. The molecule has 29 nitrogen and oxygen atoms in total. The van der Waals surface area contributed by atoms with Gasteiger partial charge in [-0.2, -0.15) is 0 Å². The molecule has 2 aromatic carbocycles. The zero-order chi connectivity index (χ0) is 96.1. The number of carbonyl (C=O) groups is 14. The third-order valence-corrected chi connectivity index (χ3v) is 24.3. The van der Waals surface area contributed by atoms with Crippen molar-refractivity contribution in [1.29, 1.82) is 0 Å². The number of aliphatic carboxylic acids is 1. The van der Waals surface area contributed by atoms with Gasteiger partial charge in [0.1, 0.15) is 71.6 Å². The van der Waals surface area contributed by atoms with Crippen LogP contribution in [-0.2, 0) is 89.4 Å². The van der Waals surface area contributed by atoms with Crippen molar-refractivity contribution in [3.8, 4) is 0 Å². The lowest BCUT2D eigenvalue weighted by atomic mass is 9.84. The van der Waals surface area contributed by atoms with E-state index >= 15 is 0 Å². The molecule has 0 saturated heterocycles. The summed E-state index contributed by atoms with van der Waals surface area (Å²) in [6.07, 6.45) is 8.90. The lowest BCUT2D eigenvalue weighted by Crippen LogP contribution is -2.60. The van der Waals surface area contributed by atoms with Crippen molar-refractivity contribution < 1.29 is 81.7 Å². The van der Waals surface area contributed by atoms with E-state index in [9.17, 15) is 72.2 Å². The Labute approximate surface area is 753 Å². The number of hydrogen-bond acceptors (Lipinski definition) is 17. The summed E-state index contributed by atoms with van der Waals surface area (Å²) in [6, 6.07) is 4.97. The lowest BCUT2D eigenvalue weighted by molar-refractivity contribution is -0.159. The summed E-state index contributed by atoms with van der Waals surface area (Å²) in [6.45, 7) is 42.1. The van der Waals surface area contributed by atoms with Gasteiger partial charge in [0, 0.05) is 76.3 Å². The Balaban J connectivity index is 0.000000847. The number of ether oxygens (including phenoxy) is 2. The molecule has 1 aliphatic rings. The molecule has 16 atom stereocenters. The number of cyclic esters (lactones) is 1. The second kappa shape index (κ2) is 51.4. The maximum absolute atomic E-state index is 14.3. The summed E-state index contributed by atoms with van der Waals surface area (Å²) >= 11 is 12.3. The highest BCUT2D eigenvalue weighted by Crippen LogP contribution is 2.32. The van der Waals surface area contributed by atoms with Crippen LogP contribution in [0.5, 0.6) is 0 Å². The smallest absolute Gasteiger partial charge is 0.331 e. The molecule has 3 rings (SSSR count). The van der Waals surface area contributed by atoms with Crippen LogP contribution >= 0.6 is 23.2 Å². The third-order valence-electron chi connectivity index (χ3n) is 23.8. The molecule has 0 bridgehead atoms. The van der Waals surface area contributed by atoms with E-state index in [4.69, 9.17) is 38.4 Å². The molecule has 2 aromatic rings. The number of nitrogens with two attached hydrogens (primary N) is 1. The van der Waals surface area contributed by atoms with Gasteiger partial charge in [0.25, 0.3) is 0 Å². The number of nitrogens with zero attached hydrogens (tertiary/aromatic N) is 6. The summed E-state index contributed by atoms with van der Waals surface area (Å²) in [5, 5.41) is 24.3. The van der Waals surface area contributed by atoms with Crippen molar-refractivity contribution in [2.45, 2.75) is 289 Å². The molecule has 0 spiro atoms. The summed E-state index contributed by atoms with van der Waals surface area (Å²) < 4.78 is 12.0. The first-order valence-corrected chi connectivity index (χ1v) is 44.2. The average Bonchev–Trinajstić information content (AvgIpc) is 0.822. The SMILES string of the molecule is C/C=C(\C)[C@@H](OC(=O)C(C)(C)N)[C@@H](C)[C@@H](C)C/C=C(\C)C(=O)N(C)[C@H](CC(C)C)C(=O)N[C@@H](C)C(=O)N(C)[C@H](Cc1ccc(Cl)cc1)C(=O)N(C)CC(=O)NC(C(=O)O)[C@@H](C)CC.C/C=C(\C)[C@H]1OC(=O)C(C)(C)NC(=O)C([C@@H](C)CC)NC(=O)CN(C)C(=O)[C@@H](Cc2ccc(Cl)cc2)N(C)C(=O)[C@H](C)NC(=O)[C@@H](CC(C)C)N(C)C(=O)/C(C)=C/C[C@H](C)[C@@H]1C. The number of likely N-dealkylation sites (N-methyl/N-ethyl adjacent to an activating group) is 6. The molecule has 31 heteroatoms. The summed E-state index contributed by atoms with van der Waals surface area (Å²) in [5.74, 6) is -9.55. The second-order valence-corrected chi connectivity index (χ2v) is 37.1. The van der Waals surface area contributed by atoms with Crippen molar-refractivity contribution in [3.05, 3.63) is 116 Å². The van der Waals surface area contributed by atoms with Crippen LogP contribution in [-0.4, -0.2) is 244 Å². The van der Waals surface area contributed by atoms with Crippen LogP contribution in [0.25, 0.3) is 0 Å². The third kappa shape index (κ3) is 34.3. The van der Waals surface area contributed by atoms with E-state index in [0.717, 1.165) is 16.0 Å². The number of rotatable bonds is 31. The Bertz CT molecular complexity index is 4160. The van der Waals surface area contributed by atoms with Gasteiger partial charge in [-0.25, -0.2) is 9.59 Å². The van der Waals surface area contributed by atoms with E-state index in [-0.39, 0.29) is 72.0 Å². The van der Waals surface area contributed by atoms with Crippen molar-refractivity contribution >= 4 is 106 Å². The van der Waals surface area contributed by atoms with Gasteiger partial charge in [-0.1, -0.05) is 168 Å². The van der Waals surface area contributed by atoms with E-state index < -0.39 is 156 Å². The van der Waals surface area contributed by atoms with Gasteiger partial charge in [0.05, 0.1) is 13.1 Å². The molecule has 125 heavy (non-hydrogen) atoms. The number of carbonyl (C=O) groups excluding carboxylic acids is 13. The Morgan fingerprint density at radius 3 is 1.79 bits per heavy atom. The van der Waals surface area contributed by atoms with Gasteiger partial charge in [-0.05, 0) is 203 Å². The quantitative estimate of drug-likeness (QED) is 0.0209. The van der Waals surface area contributed by atoms with Crippen LogP contribution in [0.3, 0.4) is 0 Å². The highest BCUT2D eigenvalue weighted by atomic mass is 35.5. The van der Waals surface area contributed by atoms with Crippen LogP contribution in [0, 0.1) is 47.3 Å². The van der Waals surface area contributed by atoms with Gasteiger partial charge < -0.3 is 76.3 Å². The minimum absolute atomic E-state index is 0.00656. The predicted octanol–water partition coefficient (Wildman–Crippen LogP) is 10.9. The molecular weight excluding hydrogens is 1640 g/mol. The van der Waals surface area contributed by atoms with Gasteiger partial charge in [0.15, 0.2) is 0 Å². The molecule has 0 fully saturated rings. The Morgan fingerprint density at radius 1 is 0.728 bits per heavy atom. The van der Waals surface area contributed by atoms with Crippen LogP contribution in [0.4, 0.5) is 0 Å². The van der Waals surface area contributed by atoms with Gasteiger partial charge in [0.2, 0.25) is 65.0 Å². The number of amides is 11. The topological polar surface area (TPSA) is 383 Å². The Kier molecular flexibility index (Phi) is 45.8. The summed E-state index contributed by atoms with van der Waals surface area (Å²) in [7, 11) is 8.82. The molecule has 0 aliphatic carbocycles. The largest absolute Gasteiger partial charge is 0.480 e. The van der Waals surface area contributed by atoms with Crippen LogP contribution in [0.15, 0.2) is 95.1 Å². The first-order valence-electron chi connectivity index (χ1n) is 43.5. The molecule has 0 saturated carbocycles. The van der Waals surface area contributed by atoms with Gasteiger partial charge in [-0.3, -0.25) is 57.5 Å². The monoisotopic (exact) mass is 1790 g/mol. The Morgan fingerprint density at radius 2 is 1.29 bits per heavy atom.